The molecule has 0 aromatic heterocycles. The molecule has 0 radical (unpaired) electrons. The molecule has 80 valence electrons. The molecule has 0 saturated carbocycles. The van der Waals surface area contributed by atoms with Crippen LogP contribution in [-0.2, 0) is 19.0 Å². The maximum atomic E-state index is 10.7. The van der Waals surface area contributed by atoms with Gasteiger partial charge in [-0.25, -0.2) is 0 Å². The van der Waals surface area contributed by atoms with Gasteiger partial charge in [0.15, 0.2) is 12.4 Å². The second-order valence-corrected chi connectivity index (χ2v) is 3.43. The van der Waals surface area contributed by atoms with Crippen LogP contribution in [0.2, 0.25) is 0 Å². The molecule has 6 heteroatoms. The van der Waals surface area contributed by atoms with Gasteiger partial charge in [0.1, 0.15) is 18.3 Å². The summed E-state index contributed by atoms with van der Waals surface area (Å²) in [5, 5.41) is 19.0. The van der Waals surface area contributed by atoms with Gasteiger partial charge in [0.25, 0.3) is 0 Å². The van der Waals surface area contributed by atoms with Crippen molar-refractivity contribution in [3.05, 3.63) is 0 Å². The van der Waals surface area contributed by atoms with Gasteiger partial charge in [-0.15, -0.1) is 0 Å². The van der Waals surface area contributed by atoms with Crippen molar-refractivity contribution in [2.45, 2.75) is 37.6 Å². The second-order valence-electron chi connectivity index (χ2n) is 3.43. The molecule has 0 unspecified atom stereocenters. The average molecular weight is 204 g/mol. The molecular weight excluding hydrogens is 192 g/mol. The van der Waals surface area contributed by atoms with E-state index in [2.05, 4.69) is 0 Å². The summed E-state index contributed by atoms with van der Waals surface area (Å²) in [5.74, 6) is -0.518. The van der Waals surface area contributed by atoms with E-state index in [-0.39, 0.29) is 6.61 Å². The first kappa shape index (κ1) is 9.85. The first-order valence-electron chi connectivity index (χ1n) is 4.40. The number of ether oxygens (including phenoxy) is 3. The van der Waals surface area contributed by atoms with Crippen molar-refractivity contribution in [1.82, 2.24) is 0 Å². The Labute approximate surface area is 80.4 Å². The third-order valence-electron chi connectivity index (χ3n) is 2.37. The van der Waals surface area contributed by atoms with Crippen LogP contribution in [0.1, 0.15) is 6.92 Å². The second kappa shape index (κ2) is 3.47. The molecule has 2 heterocycles. The molecule has 2 aliphatic heterocycles. The number of fused-ring (bicyclic) bond motifs is 2. The molecule has 2 fully saturated rings. The summed E-state index contributed by atoms with van der Waals surface area (Å²) in [5.41, 5.74) is 0. The molecule has 0 aromatic carbocycles. The molecule has 6 nitrogen and oxygen atoms in total. The monoisotopic (exact) mass is 204 g/mol. The zero-order valence-corrected chi connectivity index (χ0v) is 7.62. The van der Waals surface area contributed by atoms with E-state index in [4.69, 9.17) is 14.2 Å². The van der Waals surface area contributed by atoms with Crippen LogP contribution in [0, 0.1) is 0 Å². The predicted octanol–water partition coefficient (Wildman–Crippen LogP) is -1.60. The number of hydrogen-bond acceptors (Lipinski definition) is 6. The largest absolute Gasteiger partial charge is 0.457 e. The molecule has 2 rings (SSSR count). The van der Waals surface area contributed by atoms with Gasteiger partial charge in [-0.2, -0.15) is 0 Å². The van der Waals surface area contributed by atoms with Crippen LogP contribution in [-0.4, -0.2) is 53.5 Å². The summed E-state index contributed by atoms with van der Waals surface area (Å²) in [4.78, 5) is 10.7. The lowest BCUT2D eigenvalue weighted by Gasteiger charge is -2.34. The number of carbonyl (C=O) groups is 1. The van der Waals surface area contributed by atoms with Crippen molar-refractivity contribution < 1.29 is 29.2 Å². The Hall–Kier alpha value is -0.690. The van der Waals surface area contributed by atoms with Gasteiger partial charge in [0.2, 0.25) is 0 Å². The van der Waals surface area contributed by atoms with Gasteiger partial charge < -0.3 is 24.4 Å². The molecular formula is C8H12O6. The number of carbonyl (C=O) groups excluding carboxylic acids is 1. The zero-order valence-electron chi connectivity index (χ0n) is 7.62. The molecule has 2 saturated heterocycles. The van der Waals surface area contributed by atoms with Crippen molar-refractivity contribution in [1.29, 1.82) is 0 Å². The van der Waals surface area contributed by atoms with E-state index in [1.165, 1.54) is 6.92 Å². The highest BCUT2D eigenvalue weighted by atomic mass is 16.7. The summed E-state index contributed by atoms with van der Waals surface area (Å²) >= 11 is 0. The van der Waals surface area contributed by atoms with Gasteiger partial charge in [0, 0.05) is 6.92 Å². The SMILES string of the molecule is CC(=O)O[C@H]1[C@H](O)[C@H](O)[C@@H]2OC[C@H]1O2. The van der Waals surface area contributed by atoms with Crippen molar-refractivity contribution in [2.75, 3.05) is 6.61 Å². The third-order valence-corrected chi connectivity index (χ3v) is 2.37. The summed E-state index contributed by atoms with van der Waals surface area (Å²) < 4.78 is 15.1. The van der Waals surface area contributed by atoms with Crippen LogP contribution in [0.15, 0.2) is 0 Å². The van der Waals surface area contributed by atoms with E-state index in [1.54, 1.807) is 0 Å². The third kappa shape index (κ3) is 1.50. The molecule has 0 amide bonds. The number of aliphatic hydroxyl groups excluding tert-OH is 2. The van der Waals surface area contributed by atoms with E-state index < -0.39 is 36.7 Å². The quantitative estimate of drug-likeness (QED) is 0.500. The summed E-state index contributed by atoms with van der Waals surface area (Å²) in [6, 6.07) is 0. The number of rotatable bonds is 1. The number of hydrogen-bond donors (Lipinski definition) is 2. The van der Waals surface area contributed by atoms with Gasteiger partial charge in [0.05, 0.1) is 6.61 Å². The summed E-state index contributed by atoms with van der Waals surface area (Å²) in [7, 11) is 0. The van der Waals surface area contributed by atoms with Crippen molar-refractivity contribution in [2.24, 2.45) is 0 Å². The minimum atomic E-state index is -1.17. The lowest BCUT2D eigenvalue weighted by Crippen LogP contribution is -2.55. The minimum absolute atomic E-state index is 0.219. The van der Waals surface area contributed by atoms with Crippen LogP contribution < -0.4 is 0 Å². The Morgan fingerprint density at radius 1 is 1.43 bits per heavy atom. The highest BCUT2D eigenvalue weighted by molar-refractivity contribution is 5.66. The first-order chi connectivity index (χ1) is 6.59. The standard InChI is InChI=1S/C8H12O6/c1-3(9)13-7-4-2-12-8(14-4)6(11)5(7)10/h4-8,10-11H,2H2,1H3/t4-,5-,6+,7-,8-/m1/s1. The summed E-state index contributed by atoms with van der Waals surface area (Å²) in [6.45, 7) is 1.46. The Morgan fingerprint density at radius 3 is 2.79 bits per heavy atom. The highest BCUT2D eigenvalue weighted by Crippen LogP contribution is 2.29. The van der Waals surface area contributed by atoms with E-state index in [0.29, 0.717) is 0 Å². The highest BCUT2D eigenvalue weighted by Gasteiger charge is 2.51. The smallest absolute Gasteiger partial charge is 0.303 e. The Kier molecular flexibility index (Phi) is 2.44. The predicted molar refractivity (Wildman–Crippen MR) is 42.2 cm³/mol. The molecule has 0 spiro atoms. The molecule has 0 aliphatic carbocycles. The van der Waals surface area contributed by atoms with Crippen LogP contribution in [0.3, 0.4) is 0 Å². The fraction of sp³-hybridized carbons (Fsp3) is 0.875. The van der Waals surface area contributed by atoms with E-state index >= 15 is 0 Å². The van der Waals surface area contributed by atoms with Crippen LogP contribution in [0.5, 0.6) is 0 Å². The van der Waals surface area contributed by atoms with Crippen LogP contribution in [0.25, 0.3) is 0 Å². The van der Waals surface area contributed by atoms with Crippen LogP contribution in [0.4, 0.5) is 0 Å². The Bertz CT molecular complexity index is 242. The fourth-order valence-corrected chi connectivity index (χ4v) is 1.70. The van der Waals surface area contributed by atoms with Crippen molar-refractivity contribution >= 4 is 5.97 Å². The minimum Gasteiger partial charge on any atom is -0.457 e. The normalized spacial score (nSPS) is 46.4. The molecule has 5 atom stereocenters. The average Bonchev–Trinajstić information content (AvgIpc) is 2.55. The van der Waals surface area contributed by atoms with Crippen molar-refractivity contribution in [3.8, 4) is 0 Å². The number of aliphatic hydroxyl groups is 2. The molecule has 2 N–H and O–H groups in total. The summed E-state index contributed by atoms with van der Waals surface area (Å²) in [6.07, 6.45) is -4.45. The molecule has 14 heavy (non-hydrogen) atoms. The van der Waals surface area contributed by atoms with Gasteiger partial charge in [-0.3, -0.25) is 4.79 Å². The Morgan fingerprint density at radius 2 is 2.14 bits per heavy atom. The van der Waals surface area contributed by atoms with Gasteiger partial charge in [-0.1, -0.05) is 0 Å². The van der Waals surface area contributed by atoms with Crippen molar-refractivity contribution in [3.63, 3.8) is 0 Å². The van der Waals surface area contributed by atoms with Gasteiger partial charge >= 0.3 is 5.97 Å². The molecule has 2 bridgehead atoms. The number of esters is 1. The molecule has 2 aliphatic rings. The molecule has 0 aromatic rings. The maximum absolute atomic E-state index is 10.7. The lowest BCUT2D eigenvalue weighted by atomic mass is 10.0. The van der Waals surface area contributed by atoms with E-state index in [1.807, 2.05) is 0 Å². The van der Waals surface area contributed by atoms with Gasteiger partial charge in [-0.05, 0) is 0 Å². The van der Waals surface area contributed by atoms with E-state index in [0.717, 1.165) is 0 Å². The topological polar surface area (TPSA) is 85.2 Å². The Balaban J connectivity index is 2.10. The maximum Gasteiger partial charge on any atom is 0.303 e. The van der Waals surface area contributed by atoms with E-state index in [9.17, 15) is 15.0 Å². The lowest BCUT2D eigenvalue weighted by molar-refractivity contribution is -0.235. The fourth-order valence-electron chi connectivity index (χ4n) is 1.70. The first-order valence-corrected chi connectivity index (χ1v) is 4.40. The van der Waals surface area contributed by atoms with Crippen LogP contribution >= 0.6 is 0 Å². The zero-order chi connectivity index (χ0) is 10.3.